The van der Waals surface area contributed by atoms with E-state index >= 15 is 0 Å². The predicted molar refractivity (Wildman–Crippen MR) is 104 cm³/mol. The summed E-state index contributed by atoms with van der Waals surface area (Å²) in [6.07, 6.45) is 0. The van der Waals surface area contributed by atoms with Gasteiger partial charge < -0.3 is 20.7 Å². The van der Waals surface area contributed by atoms with Crippen LogP contribution in [0, 0.1) is 6.92 Å². The maximum Gasteiger partial charge on any atom is 0.338 e. The van der Waals surface area contributed by atoms with Crippen LogP contribution in [0.2, 0.25) is 0 Å². The van der Waals surface area contributed by atoms with E-state index in [9.17, 15) is 19.2 Å². The van der Waals surface area contributed by atoms with E-state index in [2.05, 4.69) is 16.0 Å². The highest BCUT2D eigenvalue weighted by atomic mass is 16.5. The molecule has 3 N–H and O–H groups in total. The fourth-order valence-electron chi connectivity index (χ4n) is 2.26. The molecule has 0 aliphatic heterocycles. The van der Waals surface area contributed by atoms with Gasteiger partial charge in [0.15, 0.2) is 0 Å². The fraction of sp³-hybridized carbons (Fsp3) is 0.200. The van der Waals surface area contributed by atoms with Crippen molar-refractivity contribution in [3.05, 3.63) is 59.7 Å². The van der Waals surface area contributed by atoms with Crippen LogP contribution in [0.3, 0.4) is 0 Å². The zero-order chi connectivity index (χ0) is 20.5. The van der Waals surface area contributed by atoms with E-state index in [0.29, 0.717) is 16.9 Å². The quantitative estimate of drug-likeness (QED) is 0.520. The third-order valence-electron chi connectivity index (χ3n) is 3.57. The number of hydrogen-bond acceptors (Lipinski definition) is 5. The Balaban J connectivity index is 1.81. The van der Waals surface area contributed by atoms with Gasteiger partial charge in [0.1, 0.15) is 0 Å². The summed E-state index contributed by atoms with van der Waals surface area (Å²) in [6, 6.07) is 13.1. The molecule has 2 aromatic rings. The Labute approximate surface area is 162 Å². The van der Waals surface area contributed by atoms with E-state index in [1.54, 1.807) is 25.1 Å². The van der Waals surface area contributed by atoms with Crippen LogP contribution >= 0.6 is 0 Å². The molecule has 0 aliphatic rings. The molecule has 8 nitrogen and oxygen atoms in total. The van der Waals surface area contributed by atoms with E-state index in [0.717, 1.165) is 5.56 Å². The number of nitrogens with one attached hydrogen (secondary N) is 3. The van der Waals surface area contributed by atoms with Crippen molar-refractivity contribution in [3.8, 4) is 0 Å². The van der Waals surface area contributed by atoms with E-state index in [-0.39, 0.29) is 13.2 Å². The van der Waals surface area contributed by atoms with Crippen LogP contribution < -0.4 is 16.0 Å². The standard InChI is InChI=1S/C20H21N3O5/c1-3-28-20(27)14-7-9-15(10-8-14)23-19(26)18(25)21-12-17(24)22-16-6-4-5-13(2)11-16/h4-11H,3,12H2,1-2H3,(H,21,25)(H,22,24)(H,23,26). The number of carbonyl (C=O) groups excluding carboxylic acids is 4. The predicted octanol–water partition coefficient (Wildman–Crippen LogP) is 1.87. The molecule has 0 bridgehead atoms. The largest absolute Gasteiger partial charge is 0.462 e. The van der Waals surface area contributed by atoms with Crippen molar-refractivity contribution in [3.63, 3.8) is 0 Å². The summed E-state index contributed by atoms with van der Waals surface area (Å²) in [7, 11) is 0. The first kappa shape index (κ1) is 20.6. The molecular formula is C20H21N3O5. The number of carbonyl (C=O) groups is 4. The topological polar surface area (TPSA) is 114 Å². The average molecular weight is 383 g/mol. The first-order valence-electron chi connectivity index (χ1n) is 8.62. The minimum Gasteiger partial charge on any atom is -0.462 e. The first-order chi connectivity index (χ1) is 13.4. The lowest BCUT2D eigenvalue weighted by Gasteiger charge is -2.08. The molecule has 0 aliphatic carbocycles. The van der Waals surface area contributed by atoms with Crippen LogP contribution in [-0.4, -0.2) is 36.8 Å². The molecule has 3 amide bonds. The summed E-state index contributed by atoms with van der Waals surface area (Å²) < 4.78 is 4.86. The van der Waals surface area contributed by atoms with Crippen LogP contribution in [0.5, 0.6) is 0 Å². The van der Waals surface area contributed by atoms with Crippen molar-refractivity contribution >= 4 is 35.1 Å². The number of benzene rings is 2. The van der Waals surface area contributed by atoms with Crippen LogP contribution in [0.15, 0.2) is 48.5 Å². The number of ether oxygens (including phenoxy) is 1. The summed E-state index contributed by atoms with van der Waals surface area (Å²) in [5.74, 6) is -2.80. The number of rotatable bonds is 6. The second kappa shape index (κ2) is 9.86. The molecule has 0 heterocycles. The number of esters is 1. The molecule has 0 saturated carbocycles. The van der Waals surface area contributed by atoms with Crippen molar-refractivity contribution in [2.45, 2.75) is 13.8 Å². The van der Waals surface area contributed by atoms with Gasteiger partial charge in [0.05, 0.1) is 18.7 Å². The molecule has 0 fully saturated rings. The van der Waals surface area contributed by atoms with Gasteiger partial charge in [-0.1, -0.05) is 12.1 Å². The Kier molecular flexibility index (Phi) is 7.27. The molecule has 0 unspecified atom stereocenters. The van der Waals surface area contributed by atoms with Gasteiger partial charge in [-0.15, -0.1) is 0 Å². The molecule has 2 aromatic carbocycles. The summed E-state index contributed by atoms with van der Waals surface area (Å²) in [5, 5.41) is 7.26. The Morgan fingerprint density at radius 2 is 1.61 bits per heavy atom. The second-order valence-corrected chi connectivity index (χ2v) is 5.85. The number of aryl methyl sites for hydroxylation is 1. The molecule has 0 atom stereocenters. The average Bonchev–Trinajstić information content (AvgIpc) is 2.66. The van der Waals surface area contributed by atoms with E-state index < -0.39 is 23.7 Å². The van der Waals surface area contributed by atoms with Crippen LogP contribution in [-0.2, 0) is 19.1 Å². The lowest BCUT2D eigenvalue weighted by atomic mass is 10.2. The Morgan fingerprint density at radius 1 is 0.893 bits per heavy atom. The van der Waals surface area contributed by atoms with Gasteiger partial charge in [-0.25, -0.2) is 4.79 Å². The smallest absolute Gasteiger partial charge is 0.338 e. The van der Waals surface area contributed by atoms with Gasteiger partial charge in [0.25, 0.3) is 0 Å². The molecule has 146 valence electrons. The number of amides is 3. The van der Waals surface area contributed by atoms with Gasteiger partial charge in [0.2, 0.25) is 5.91 Å². The monoisotopic (exact) mass is 383 g/mol. The summed E-state index contributed by atoms with van der Waals surface area (Å²) in [4.78, 5) is 47.2. The highest BCUT2D eigenvalue weighted by molar-refractivity contribution is 6.39. The third-order valence-corrected chi connectivity index (χ3v) is 3.57. The Bertz CT molecular complexity index is 878. The van der Waals surface area contributed by atoms with E-state index in [1.165, 1.54) is 24.3 Å². The molecule has 8 heteroatoms. The zero-order valence-corrected chi connectivity index (χ0v) is 15.6. The van der Waals surface area contributed by atoms with Crippen molar-refractivity contribution in [2.75, 3.05) is 23.8 Å². The van der Waals surface area contributed by atoms with E-state index in [1.807, 2.05) is 13.0 Å². The molecule has 0 saturated heterocycles. The Morgan fingerprint density at radius 3 is 2.25 bits per heavy atom. The number of anilines is 2. The van der Waals surface area contributed by atoms with Crippen molar-refractivity contribution in [1.29, 1.82) is 0 Å². The van der Waals surface area contributed by atoms with Gasteiger partial charge in [-0.2, -0.15) is 0 Å². The van der Waals surface area contributed by atoms with Gasteiger partial charge >= 0.3 is 17.8 Å². The van der Waals surface area contributed by atoms with Gasteiger partial charge in [0, 0.05) is 11.4 Å². The summed E-state index contributed by atoms with van der Waals surface area (Å²) >= 11 is 0. The lowest BCUT2D eigenvalue weighted by Crippen LogP contribution is -2.39. The molecule has 2 rings (SSSR count). The Hall–Kier alpha value is -3.68. The molecule has 0 aromatic heterocycles. The third kappa shape index (κ3) is 6.24. The minimum absolute atomic E-state index is 0.259. The minimum atomic E-state index is -0.950. The molecule has 0 spiro atoms. The lowest BCUT2D eigenvalue weighted by molar-refractivity contribution is -0.136. The second-order valence-electron chi connectivity index (χ2n) is 5.85. The van der Waals surface area contributed by atoms with Crippen molar-refractivity contribution in [2.24, 2.45) is 0 Å². The van der Waals surface area contributed by atoms with Crippen molar-refractivity contribution < 1.29 is 23.9 Å². The van der Waals surface area contributed by atoms with Crippen LogP contribution in [0.1, 0.15) is 22.8 Å². The van der Waals surface area contributed by atoms with Gasteiger partial charge in [-0.3, -0.25) is 14.4 Å². The van der Waals surface area contributed by atoms with Gasteiger partial charge in [-0.05, 0) is 55.8 Å². The maximum absolute atomic E-state index is 11.9. The van der Waals surface area contributed by atoms with Crippen molar-refractivity contribution in [1.82, 2.24) is 5.32 Å². The highest BCUT2D eigenvalue weighted by Crippen LogP contribution is 2.11. The number of hydrogen-bond donors (Lipinski definition) is 3. The molecule has 0 radical (unpaired) electrons. The molecule has 28 heavy (non-hydrogen) atoms. The van der Waals surface area contributed by atoms with Crippen LogP contribution in [0.4, 0.5) is 11.4 Å². The first-order valence-corrected chi connectivity index (χ1v) is 8.62. The maximum atomic E-state index is 11.9. The summed E-state index contributed by atoms with van der Waals surface area (Å²) in [5.41, 5.74) is 2.25. The SMILES string of the molecule is CCOC(=O)c1ccc(NC(=O)C(=O)NCC(=O)Nc2cccc(C)c2)cc1. The highest BCUT2D eigenvalue weighted by Gasteiger charge is 2.15. The fourth-order valence-corrected chi connectivity index (χ4v) is 2.26. The molecular weight excluding hydrogens is 362 g/mol. The summed E-state index contributed by atoms with van der Waals surface area (Å²) in [6.45, 7) is 3.50. The normalized spacial score (nSPS) is 9.93. The zero-order valence-electron chi connectivity index (χ0n) is 15.6. The van der Waals surface area contributed by atoms with E-state index in [4.69, 9.17) is 4.74 Å². The van der Waals surface area contributed by atoms with Crippen LogP contribution in [0.25, 0.3) is 0 Å².